The van der Waals surface area contributed by atoms with E-state index in [1.54, 1.807) is 0 Å². The van der Waals surface area contributed by atoms with Crippen molar-refractivity contribution in [1.29, 1.82) is 0 Å². The van der Waals surface area contributed by atoms with Gasteiger partial charge in [0.1, 0.15) is 14.8 Å². The molecule has 24 heavy (non-hydrogen) atoms. The Balaban J connectivity index is 0.00000288. The van der Waals surface area contributed by atoms with Crippen LogP contribution in [0.2, 0.25) is 0 Å². The fourth-order valence-corrected chi connectivity index (χ4v) is 4.23. The largest absolute Gasteiger partial charge is 0.320 e. The first-order valence-electron chi connectivity index (χ1n) is 7.90. The number of carbonyl (C=O) groups excluding carboxylic acids is 1. The lowest BCUT2D eigenvalue weighted by Gasteiger charge is -2.19. The van der Waals surface area contributed by atoms with Crippen molar-refractivity contribution >= 4 is 44.6 Å². The molecule has 1 aliphatic carbocycles. The monoisotopic (exact) mass is 396 g/mol. The molecule has 0 radical (unpaired) electrons. The summed E-state index contributed by atoms with van der Waals surface area (Å²) in [6.45, 7) is 0. The Bertz CT molecular complexity index is 630. The second-order valence-electron chi connectivity index (χ2n) is 6.22. The fourth-order valence-electron chi connectivity index (χ4n) is 2.70. The van der Waals surface area contributed by atoms with Gasteiger partial charge in [-0.3, -0.25) is 10.1 Å². The number of rotatable bonds is 7. The molecule has 10 heteroatoms. The van der Waals surface area contributed by atoms with E-state index < -0.39 is 21.8 Å². The minimum atomic E-state index is -3.12. The number of halogens is 1. The number of anilines is 1. The topological polar surface area (TPSA) is 115 Å². The third kappa shape index (κ3) is 7.42. The van der Waals surface area contributed by atoms with Gasteiger partial charge in [-0.05, 0) is 12.3 Å². The summed E-state index contributed by atoms with van der Waals surface area (Å²) in [7, 11) is -3.12. The van der Waals surface area contributed by atoms with Crippen LogP contribution in [0.15, 0.2) is 0 Å². The van der Waals surface area contributed by atoms with Crippen LogP contribution in [0.3, 0.4) is 0 Å². The van der Waals surface area contributed by atoms with Crippen molar-refractivity contribution in [2.75, 3.05) is 17.3 Å². The maximum absolute atomic E-state index is 11.9. The molecule has 138 valence electrons. The summed E-state index contributed by atoms with van der Waals surface area (Å²) in [4.78, 5) is 11.9. The van der Waals surface area contributed by atoms with Crippen molar-refractivity contribution in [3.8, 4) is 0 Å². The molecule has 3 N–H and O–H groups in total. The number of carbonyl (C=O) groups is 1. The van der Waals surface area contributed by atoms with E-state index in [1.807, 2.05) is 0 Å². The molecule has 1 aliphatic rings. The quantitative estimate of drug-likeness (QED) is 0.725. The fraction of sp³-hybridized carbons (Fsp3) is 0.786. The van der Waals surface area contributed by atoms with E-state index in [9.17, 15) is 13.2 Å². The molecule has 2 rings (SSSR count). The van der Waals surface area contributed by atoms with Gasteiger partial charge in [0.05, 0.1) is 11.8 Å². The van der Waals surface area contributed by atoms with E-state index in [1.165, 1.54) is 43.4 Å². The maximum atomic E-state index is 11.9. The summed E-state index contributed by atoms with van der Waals surface area (Å²) in [5, 5.41) is 12.1. The zero-order chi connectivity index (χ0) is 16.9. The van der Waals surface area contributed by atoms with E-state index in [0.29, 0.717) is 11.0 Å². The summed E-state index contributed by atoms with van der Waals surface area (Å²) in [6, 6.07) is -0.865. The van der Waals surface area contributed by atoms with Gasteiger partial charge in [-0.15, -0.1) is 22.6 Å². The SMILES string of the molecule is CS(=O)(=O)CCC(N)C(=O)Nc1nnc(CC2CCCCC2)s1.Cl. The van der Waals surface area contributed by atoms with Crippen LogP contribution in [0.1, 0.15) is 43.5 Å². The van der Waals surface area contributed by atoms with Crippen molar-refractivity contribution in [2.45, 2.75) is 51.0 Å². The third-order valence-electron chi connectivity index (χ3n) is 4.02. The molecule has 0 aromatic carbocycles. The predicted octanol–water partition coefficient (Wildman–Crippen LogP) is 1.78. The van der Waals surface area contributed by atoms with Gasteiger partial charge in [0.15, 0.2) is 0 Å². The van der Waals surface area contributed by atoms with E-state index in [2.05, 4.69) is 15.5 Å². The molecule has 1 aromatic heterocycles. The minimum Gasteiger partial charge on any atom is -0.320 e. The first-order valence-corrected chi connectivity index (χ1v) is 10.8. The van der Waals surface area contributed by atoms with Gasteiger partial charge in [0.2, 0.25) is 11.0 Å². The highest BCUT2D eigenvalue weighted by Crippen LogP contribution is 2.28. The second-order valence-corrected chi connectivity index (χ2v) is 9.55. The molecule has 1 unspecified atom stereocenters. The Morgan fingerprint density at radius 1 is 1.33 bits per heavy atom. The predicted molar refractivity (Wildman–Crippen MR) is 98.4 cm³/mol. The zero-order valence-electron chi connectivity index (χ0n) is 13.7. The Labute approximate surface area is 153 Å². The Morgan fingerprint density at radius 2 is 2.00 bits per heavy atom. The molecule has 0 bridgehead atoms. The molecular formula is C14H25ClN4O3S2. The van der Waals surface area contributed by atoms with Gasteiger partial charge in [-0.25, -0.2) is 8.42 Å². The summed E-state index contributed by atoms with van der Waals surface area (Å²) >= 11 is 1.37. The highest BCUT2D eigenvalue weighted by atomic mass is 35.5. The Morgan fingerprint density at radius 3 is 2.62 bits per heavy atom. The van der Waals surface area contributed by atoms with Crippen LogP contribution in [0, 0.1) is 5.92 Å². The Hall–Kier alpha value is -0.770. The lowest BCUT2D eigenvalue weighted by molar-refractivity contribution is -0.117. The summed E-state index contributed by atoms with van der Waals surface area (Å²) in [5.74, 6) is 0.135. The van der Waals surface area contributed by atoms with Crippen molar-refractivity contribution in [2.24, 2.45) is 11.7 Å². The van der Waals surface area contributed by atoms with Crippen LogP contribution in [0.5, 0.6) is 0 Å². The molecule has 1 amide bonds. The molecular weight excluding hydrogens is 372 g/mol. The standard InChI is InChI=1S/C14H24N4O3S2.ClH/c1-23(20,21)8-7-11(15)13(19)16-14-18-17-12(22-14)9-10-5-3-2-4-6-10;/h10-11H,2-9,15H2,1H3,(H,16,18,19);1H. The lowest BCUT2D eigenvalue weighted by atomic mass is 9.87. The van der Waals surface area contributed by atoms with Gasteiger partial charge >= 0.3 is 0 Å². The van der Waals surface area contributed by atoms with E-state index in [4.69, 9.17) is 5.73 Å². The zero-order valence-corrected chi connectivity index (χ0v) is 16.2. The molecule has 0 saturated heterocycles. The van der Waals surface area contributed by atoms with E-state index in [0.717, 1.165) is 17.7 Å². The maximum Gasteiger partial charge on any atom is 0.243 e. The average molecular weight is 397 g/mol. The molecule has 1 fully saturated rings. The third-order valence-corrected chi connectivity index (χ3v) is 5.86. The van der Waals surface area contributed by atoms with Gasteiger partial charge in [0.25, 0.3) is 0 Å². The van der Waals surface area contributed by atoms with Gasteiger partial charge in [-0.1, -0.05) is 43.4 Å². The van der Waals surface area contributed by atoms with Gasteiger partial charge in [0, 0.05) is 12.7 Å². The number of hydrogen-bond donors (Lipinski definition) is 2. The molecule has 1 aromatic rings. The van der Waals surface area contributed by atoms with Gasteiger partial charge < -0.3 is 5.73 Å². The molecule has 1 heterocycles. The molecule has 1 atom stereocenters. The number of sulfone groups is 1. The number of aromatic nitrogens is 2. The van der Waals surface area contributed by atoms with Crippen LogP contribution in [0.4, 0.5) is 5.13 Å². The summed E-state index contributed by atoms with van der Waals surface area (Å²) < 4.78 is 22.2. The lowest BCUT2D eigenvalue weighted by Crippen LogP contribution is -2.37. The van der Waals surface area contributed by atoms with Gasteiger partial charge in [-0.2, -0.15) is 0 Å². The molecule has 7 nitrogen and oxygen atoms in total. The van der Waals surface area contributed by atoms with E-state index in [-0.39, 0.29) is 24.6 Å². The Kier molecular flexibility index (Phi) is 8.55. The first kappa shape index (κ1) is 21.3. The average Bonchev–Trinajstić information content (AvgIpc) is 2.92. The highest BCUT2D eigenvalue weighted by molar-refractivity contribution is 7.90. The molecule has 0 spiro atoms. The van der Waals surface area contributed by atoms with Crippen LogP contribution in [-0.4, -0.2) is 42.6 Å². The minimum absolute atomic E-state index is 0. The molecule has 0 aliphatic heterocycles. The first-order chi connectivity index (χ1) is 10.8. The van der Waals surface area contributed by atoms with Crippen LogP contribution in [0.25, 0.3) is 0 Å². The summed E-state index contributed by atoms with van der Waals surface area (Å²) in [5.41, 5.74) is 5.71. The number of nitrogens with two attached hydrogens (primary N) is 1. The highest BCUT2D eigenvalue weighted by Gasteiger charge is 2.19. The number of nitrogens with zero attached hydrogens (tertiary/aromatic N) is 2. The normalized spacial score (nSPS) is 17.1. The number of hydrogen-bond acceptors (Lipinski definition) is 7. The number of nitrogens with one attached hydrogen (secondary N) is 1. The smallest absolute Gasteiger partial charge is 0.243 e. The van der Waals surface area contributed by atoms with E-state index >= 15 is 0 Å². The van der Waals surface area contributed by atoms with Crippen LogP contribution in [-0.2, 0) is 21.1 Å². The van der Waals surface area contributed by atoms with Crippen molar-refractivity contribution in [3.63, 3.8) is 0 Å². The molecule has 1 saturated carbocycles. The summed E-state index contributed by atoms with van der Waals surface area (Å²) in [6.07, 6.45) is 8.48. The van der Waals surface area contributed by atoms with Crippen molar-refractivity contribution in [3.05, 3.63) is 5.01 Å². The van der Waals surface area contributed by atoms with Crippen LogP contribution >= 0.6 is 23.7 Å². The number of amides is 1. The van der Waals surface area contributed by atoms with Crippen molar-refractivity contribution < 1.29 is 13.2 Å². The van der Waals surface area contributed by atoms with Crippen molar-refractivity contribution in [1.82, 2.24) is 10.2 Å². The van der Waals surface area contributed by atoms with Crippen LogP contribution < -0.4 is 11.1 Å². The second kappa shape index (κ2) is 9.65.